The first-order chi connectivity index (χ1) is 10.4. The van der Waals surface area contributed by atoms with Crippen molar-refractivity contribution in [2.45, 2.75) is 18.5 Å². The normalized spacial score (nSPS) is 20.7. The van der Waals surface area contributed by atoms with Crippen LogP contribution < -0.4 is 11.1 Å². The maximum Gasteiger partial charge on any atom is 0.326 e. The quantitative estimate of drug-likeness (QED) is 0.572. The molecule has 118 valence electrons. The number of hydrogen-bond donors (Lipinski definition) is 4. The SMILES string of the molecule is NCC(=O)N1C[C@H](NC(=O)c2cccc(O)c2)C[C@H]1C(=O)O. The van der Waals surface area contributed by atoms with Crippen LogP contribution in [0.25, 0.3) is 0 Å². The topological polar surface area (TPSA) is 133 Å². The van der Waals surface area contributed by atoms with Crippen molar-refractivity contribution in [2.24, 2.45) is 5.73 Å². The van der Waals surface area contributed by atoms with E-state index >= 15 is 0 Å². The van der Waals surface area contributed by atoms with Crippen LogP contribution in [0, 0.1) is 0 Å². The number of aromatic hydroxyl groups is 1. The van der Waals surface area contributed by atoms with Gasteiger partial charge >= 0.3 is 5.97 Å². The fourth-order valence-corrected chi connectivity index (χ4v) is 2.48. The Labute approximate surface area is 126 Å². The number of phenolic OH excluding ortho intramolecular Hbond substituents is 1. The number of amides is 2. The maximum atomic E-state index is 12.1. The van der Waals surface area contributed by atoms with Crippen molar-refractivity contribution in [1.82, 2.24) is 10.2 Å². The molecule has 1 aliphatic rings. The highest BCUT2D eigenvalue weighted by Crippen LogP contribution is 2.19. The van der Waals surface area contributed by atoms with E-state index < -0.39 is 29.9 Å². The molecule has 2 atom stereocenters. The van der Waals surface area contributed by atoms with Gasteiger partial charge in [0.25, 0.3) is 5.91 Å². The minimum Gasteiger partial charge on any atom is -0.508 e. The van der Waals surface area contributed by atoms with Crippen LogP contribution in [0.5, 0.6) is 5.75 Å². The predicted molar refractivity (Wildman–Crippen MR) is 76.2 cm³/mol. The molecule has 1 saturated heterocycles. The van der Waals surface area contributed by atoms with Gasteiger partial charge in [-0.05, 0) is 18.2 Å². The Bertz CT molecular complexity index is 604. The molecule has 2 amide bonds. The number of benzene rings is 1. The third-order valence-electron chi connectivity index (χ3n) is 3.52. The van der Waals surface area contributed by atoms with Crippen LogP contribution in [0.2, 0.25) is 0 Å². The number of hydrogen-bond acceptors (Lipinski definition) is 5. The molecular formula is C14H17N3O5. The van der Waals surface area contributed by atoms with Gasteiger partial charge in [0.1, 0.15) is 11.8 Å². The van der Waals surface area contributed by atoms with Crippen molar-refractivity contribution in [2.75, 3.05) is 13.1 Å². The number of carbonyl (C=O) groups is 3. The van der Waals surface area contributed by atoms with Crippen molar-refractivity contribution >= 4 is 17.8 Å². The first kappa shape index (κ1) is 15.8. The lowest BCUT2D eigenvalue weighted by Crippen LogP contribution is -2.44. The van der Waals surface area contributed by atoms with Crippen LogP contribution >= 0.6 is 0 Å². The van der Waals surface area contributed by atoms with Crippen molar-refractivity contribution in [3.8, 4) is 5.75 Å². The van der Waals surface area contributed by atoms with Crippen LogP contribution in [-0.2, 0) is 9.59 Å². The van der Waals surface area contributed by atoms with Gasteiger partial charge in [-0.1, -0.05) is 6.07 Å². The van der Waals surface area contributed by atoms with E-state index in [4.69, 9.17) is 10.8 Å². The molecule has 1 aliphatic heterocycles. The lowest BCUT2D eigenvalue weighted by molar-refractivity contribution is -0.147. The molecule has 1 aromatic rings. The van der Waals surface area contributed by atoms with E-state index in [0.717, 1.165) is 4.90 Å². The summed E-state index contributed by atoms with van der Waals surface area (Å²) >= 11 is 0. The van der Waals surface area contributed by atoms with Crippen LogP contribution in [0.1, 0.15) is 16.8 Å². The Kier molecular flexibility index (Phi) is 4.62. The van der Waals surface area contributed by atoms with Crippen LogP contribution in [0.3, 0.4) is 0 Å². The van der Waals surface area contributed by atoms with Gasteiger partial charge in [0.2, 0.25) is 5.91 Å². The first-order valence-electron chi connectivity index (χ1n) is 6.74. The summed E-state index contributed by atoms with van der Waals surface area (Å²) in [7, 11) is 0. The van der Waals surface area contributed by atoms with Gasteiger partial charge in [-0.25, -0.2) is 4.79 Å². The molecular weight excluding hydrogens is 290 g/mol. The number of nitrogens with two attached hydrogens (primary N) is 1. The van der Waals surface area contributed by atoms with Gasteiger partial charge in [-0.3, -0.25) is 9.59 Å². The zero-order valence-electron chi connectivity index (χ0n) is 11.7. The monoisotopic (exact) mass is 307 g/mol. The summed E-state index contributed by atoms with van der Waals surface area (Å²) in [5.41, 5.74) is 5.53. The average Bonchev–Trinajstić information content (AvgIpc) is 2.90. The summed E-state index contributed by atoms with van der Waals surface area (Å²) in [5.74, 6) is -2.08. The largest absolute Gasteiger partial charge is 0.508 e. The van der Waals surface area contributed by atoms with Gasteiger partial charge in [-0.15, -0.1) is 0 Å². The van der Waals surface area contributed by atoms with E-state index in [9.17, 15) is 19.5 Å². The van der Waals surface area contributed by atoms with E-state index in [2.05, 4.69) is 5.32 Å². The maximum absolute atomic E-state index is 12.1. The minimum atomic E-state index is -1.13. The number of nitrogens with one attached hydrogen (secondary N) is 1. The fourth-order valence-electron chi connectivity index (χ4n) is 2.48. The summed E-state index contributed by atoms with van der Waals surface area (Å²) in [6, 6.07) is 4.33. The van der Waals surface area contributed by atoms with Crippen LogP contribution in [-0.4, -0.2) is 58.1 Å². The summed E-state index contributed by atoms with van der Waals surface area (Å²) in [6.07, 6.45) is 0.117. The van der Waals surface area contributed by atoms with Crippen molar-refractivity contribution in [3.05, 3.63) is 29.8 Å². The molecule has 0 spiro atoms. The molecule has 8 heteroatoms. The van der Waals surface area contributed by atoms with Crippen LogP contribution in [0.4, 0.5) is 0 Å². The smallest absolute Gasteiger partial charge is 0.326 e. The molecule has 0 saturated carbocycles. The fraction of sp³-hybridized carbons (Fsp3) is 0.357. The third kappa shape index (κ3) is 3.34. The van der Waals surface area contributed by atoms with E-state index in [0.29, 0.717) is 0 Å². The Morgan fingerprint density at radius 3 is 2.68 bits per heavy atom. The number of carboxylic acid groups (broad SMARTS) is 1. The zero-order valence-corrected chi connectivity index (χ0v) is 11.7. The van der Waals surface area contributed by atoms with Gasteiger partial charge in [0.05, 0.1) is 6.54 Å². The number of phenols is 1. The van der Waals surface area contributed by atoms with Crippen molar-refractivity contribution in [3.63, 3.8) is 0 Å². The molecule has 5 N–H and O–H groups in total. The Morgan fingerprint density at radius 2 is 2.09 bits per heavy atom. The van der Waals surface area contributed by atoms with Gasteiger partial charge < -0.3 is 26.2 Å². The lowest BCUT2D eigenvalue weighted by atomic mass is 10.1. The minimum absolute atomic E-state index is 0.0394. The molecule has 8 nitrogen and oxygen atoms in total. The number of rotatable bonds is 4. The third-order valence-corrected chi connectivity index (χ3v) is 3.52. The highest BCUT2D eigenvalue weighted by Gasteiger charge is 2.39. The average molecular weight is 307 g/mol. The number of likely N-dealkylation sites (tertiary alicyclic amines) is 1. The number of aliphatic carboxylic acids is 1. The standard InChI is InChI=1S/C14H17N3O5/c15-6-12(19)17-7-9(5-11(17)14(21)22)16-13(20)8-2-1-3-10(18)4-8/h1-4,9,11,18H,5-7,15H2,(H,16,20)(H,21,22)/t9-,11+/m1/s1. The summed E-state index contributed by atoms with van der Waals surface area (Å²) in [5, 5.41) is 21.2. The second kappa shape index (κ2) is 6.44. The van der Waals surface area contributed by atoms with E-state index in [1.807, 2.05) is 0 Å². The van der Waals surface area contributed by atoms with Crippen molar-refractivity contribution < 1.29 is 24.6 Å². The summed E-state index contributed by atoms with van der Waals surface area (Å²) in [6.45, 7) is -0.186. The molecule has 1 fully saturated rings. The van der Waals surface area contributed by atoms with Gasteiger partial charge in [-0.2, -0.15) is 0 Å². The van der Waals surface area contributed by atoms with E-state index in [-0.39, 0.29) is 30.8 Å². The predicted octanol–water partition coefficient (Wildman–Crippen LogP) is -0.865. The molecule has 0 bridgehead atoms. The lowest BCUT2D eigenvalue weighted by Gasteiger charge is -2.20. The number of carbonyl (C=O) groups excluding carboxylic acids is 2. The number of nitrogens with zero attached hydrogens (tertiary/aromatic N) is 1. The van der Waals surface area contributed by atoms with E-state index in [1.165, 1.54) is 24.3 Å². The second-order valence-corrected chi connectivity index (χ2v) is 5.06. The first-order valence-corrected chi connectivity index (χ1v) is 6.74. The molecule has 2 rings (SSSR count). The Balaban J connectivity index is 2.06. The molecule has 0 radical (unpaired) electrons. The van der Waals surface area contributed by atoms with Crippen molar-refractivity contribution in [1.29, 1.82) is 0 Å². The Morgan fingerprint density at radius 1 is 1.36 bits per heavy atom. The zero-order chi connectivity index (χ0) is 16.3. The molecule has 1 heterocycles. The molecule has 0 unspecified atom stereocenters. The van der Waals surface area contributed by atoms with Gasteiger partial charge in [0, 0.05) is 24.6 Å². The molecule has 22 heavy (non-hydrogen) atoms. The highest BCUT2D eigenvalue weighted by molar-refractivity contribution is 5.95. The van der Waals surface area contributed by atoms with Crippen LogP contribution in [0.15, 0.2) is 24.3 Å². The highest BCUT2D eigenvalue weighted by atomic mass is 16.4. The Hall–Kier alpha value is -2.61. The molecule has 0 aromatic heterocycles. The number of carboxylic acids is 1. The summed E-state index contributed by atoms with van der Waals surface area (Å²) in [4.78, 5) is 36.1. The second-order valence-electron chi connectivity index (χ2n) is 5.06. The molecule has 0 aliphatic carbocycles. The van der Waals surface area contributed by atoms with E-state index in [1.54, 1.807) is 0 Å². The van der Waals surface area contributed by atoms with Gasteiger partial charge in [0.15, 0.2) is 0 Å². The summed E-state index contributed by atoms with van der Waals surface area (Å²) < 4.78 is 0. The molecule has 1 aromatic carbocycles.